The molecule has 15 heavy (non-hydrogen) atoms. The summed E-state index contributed by atoms with van der Waals surface area (Å²) in [4.78, 5) is 0. The summed E-state index contributed by atoms with van der Waals surface area (Å²) in [7, 11) is -2.25. The summed E-state index contributed by atoms with van der Waals surface area (Å²) in [6.07, 6.45) is 0. The number of benzene rings is 1. The minimum Gasteiger partial charge on any atom is -0.305 e. The van der Waals surface area contributed by atoms with Gasteiger partial charge in [0.15, 0.2) is 0 Å². The highest BCUT2D eigenvalue weighted by molar-refractivity contribution is 7.88. The number of halogens is 1. The standard InChI is InChI=1S/C10H16ClNOSSi/c1-15(2,3)8-14(13)12-10-6-4-9(11)5-7-10/h4-7,12H,8H2,1-3H3. The van der Waals surface area contributed by atoms with Crippen LogP contribution in [0.15, 0.2) is 24.3 Å². The molecule has 0 bridgehead atoms. The minimum absolute atomic E-state index is 0.691. The van der Waals surface area contributed by atoms with E-state index in [1.807, 2.05) is 12.1 Å². The SMILES string of the molecule is C[Si](C)(C)CS(=O)Nc1ccc(Cl)cc1. The van der Waals surface area contributed by atoms with E-state index in [-0.39, 0.29) is 0 Å². The van der Waals surface area contributed by atoms with Crippen molar-refractivity contribution in [1.82, 2.24) is 0 Å². The van der Waals surface area contributed by atoms with E-state index in [0.29, 0.717) is 5.02 Å². The Hall–Kier alpha value is -0.323. The van der Waals surface area contributed by atoms with E-state index in [0.717, 1.165) is 11.1 Å². The second kappa shape index (κ2) is 5.14. The van der Waals surface area contributed by atoms with E-state index in [9.17, 15) is 4.21 Å². The molecule has 0 saturated carbocycles. The molecule has 1 unspecified atom stereocenters. The Labute approximate surface area is 99.6 Å². The third-order valence-corrected chi connectivity index (χ3v) is 6.87. The molecule has 84 valence electrons. The van der Waals surface area contributed by atoms with Crippen LogP contribution in [-0.4, -0.2) is 17.7 Å². The molecule has 1 N–H and O–H groups in total. The lowest BCUT2D eigenvalue weighted by Crippen LogP contribution is -2.31. The highest BCUT2D eigenvalue weighted by Crippen LogP contribution is 2.14. The van der Waals surface area contributed by atoms with Crippen molar-refractivity contribution < 1.29 is 4.21 Å². The van der Waals surface area contributed by atoms with Gasteiger partial charge in [0.25, 0.3) is 0 Å². The first-order valence-corrected chi connectivity index (χ1v) is 10.2. The first-order chi connectivity index (χ1) is 6.87. The maximum Gasteiger partial charge on any atom is 0.114 e. The summed E-state index contributed by atoms with van der Waals surface area (Å²) < 4.78 is 14.7. The van der Waals surface area contributed by atoms with Gasteiger partial charge in [-0.05, 0) is 24.3 Å². The monoisotopic (exact) mass is 261 g/mol. The molecule has 0 fully saturated rings. The van der Waals surface area contributed by atoms with Gasteiger partial charge < -0.3 is 4.72 Å². The molecule has 1 rings (SSSR count). The van der Waals surface area contributed by atoms with Gasteiger partial charge in [0.2, 0.25) is 0 Å². The normalized spacial score (nSPS) is 13.6. The molecule has 0 aliphatic heterocycles. The maximum absolute atomic E-state index is 11.7. The second-order valence-corrected chi connectivity index (χ2v) is 12.3. The van der Waals surface area contributed by atoms with Gasteiger partial charge in [-0.25, -0.2) is 4.21 Å². The van der Waals surface area contributed by atoms with Gasteiger partial charge in [-0.1, -0.05) is 31.2 Å². The van der Waals surface area contributed by atoms with E-state index < -0.39 is 19.1 Å². The molecule has 0 saturated heterocycles. The van der Waals surface area contributed by atoms with Gasteiger partial charge in [0, 0.05) is 16.1 Å². The van der Waals surface area contributed by atoms with Crippen molar-refractivity contribution in [1.29, 1.82) is 0 Å². The summed E-state index contributed by atoms with van der Waals surface area (Å²) >= 11 is 5.76. The highest BCUT2D eigenvalue weighted by atomic mass is 35.5. The Morgan fingerprint density at radius 2 is 1.80 bits per heavy atom. The number of hydrogen-bond acceptors (Lipinski definition) is 1. The Bertz CT molecular complexity index is 347. The van der Waals surface area contributed by atoms with Gasteiger partial charge >= 0.3 is 0 Å². The van der Waals surface area contributed by atoms with Crippen molar-refractivity contribution in [2.24, 2.45) is 0 Å². The molecule has 0 aliphatic carbocycles. The predicted molar refractivity (Wildman–Crippen MR) is 71.4 cm³/mol. The van der Waals surface area contributed by atoms with Crippen LogP contribution in [0.1, 0.15) is 0 Å². The number of rotatable bonds is 4. The third kappa shape index (κ3) is 5.35. The van der Waals surface area contributed by atoms with Crippen LogP contribution < -0.4 is 4.72 Å². The molecule has 0 radical (unpaired) electrons. The van der Waals surface area contributed by atoms with Crippen LogP contribution in [0.3, 0.4) is 0 Å². The zero-order valence-electron chi connectivity index (χ0n) is 9.21. The zero-order valence-corrected chi connectivity index (χ0v) is 11.8. The van der Waals surface area contributed by atoms with Crippen LogP contribution in [-0.2, 0) is 11.0 Å². The molecule has 0 spiro atoms. The summed E-state index contributed by atoms with van der Waals surface area (Å²) in [5.41, 5.74) is 0.857. The predicted octanol–water partition coefficient (Wildman–Crippen LogP) is 3.29. The lowest BCUT2D eigenvalue weighted by molar-refractivity contribution is 0.688. The van der Waals surface area contributed by atoms with Crippen molar-refractivity contribution >= 4 is 36.3 Å². The number of nitrogens with one attached hydrogen (secondary N) is 1. The molecule has 0 amide bonds. The van der Waals surface area contributed by atoms with Crippen molar-refractivity contribution in [2.75, 3.05) is 10.1 Å². The highest BCUT2D eigenvalue weighted by Gasteiger charge is 2.17. The molecular weight excluding hydrogens is 246 g/mol. The van der Waals surface area contributed by atoms with Gasteiger partial charge in [0.1, 0.15) is 11.0 Å². The lowest BCUT2D eigenvalue weighted by Gasteiger charge is -2.15. The number of anilines is 1. The average molecular weight is 262 g/mol. The molecule has 1 aromatic carbocycles. The van der Waals surface area contributed by atoms with E-state index >= 15 is 0 Å². The average Bonchev–Trinajstić information content (AvgIpc) is 2.05. The largest absolute Gasteiger partial charge is 0.305 e. The van der Waals surface area contributed by atoms with Crippen molar-refractivity contribution in [3.8, 4) is 0 Å². The maximum atomic E-state index is 11.7. The van der Waals surface area contributed by atoms with E-state index in [1.54, 1.807) is 12.1 Å². The summed E-state index contributed by atoms with van der Waals surface area (Å²) in [6, 6.07) is 7.25. The fourth-order valence-electron chi connectivity index (χ4n) is 1.08. The molecule has 0 aliphatic rings. The van der Waals surface area contributed by atoms with E-state index in [2.05, 4.69) is 24.4 Å². The smallest absolute Gasteiger partial charge is 0.114 e. The lowest BCUT2D eigenvalue weighted by atomic mass is 10.3. The van der Waals surface area contributed by atoms with Crippen molar-refractivity contribution in [2.45, 2.75) is 19.6 Å². The van der Waals surface area contributed by atoms with Crippen LogP contribution >= 0.6 is 11.6 Å². The van der Waals surface area contributed by atoms with Crippen molar-refractivity contribution in [3.05, 3.63) is 29.3 Å². The van der Waals surface area contributed by atoms with Gasteiger partial charge in [0.05, 0.1) is 8.07 Å². The van der Waals surface area contributed by atoms with E-state index in [1.165, 1.54) is 0 Å². The van der Waals surface area contributed by atoms with E-state index in [4.69, 9.17) is 11.6 Å². The summed E-state index contributed by atoms with van der Waals surface area (Å²) in [5.74, 6) is 0. The van der Waals surface area contributed by atoms with Crippen molar-refractivity contribution in [3.63, 3.8) is 0 Å². The molecule has 1 atom stereocenters. The Morgan fingerprint density at radius 3 is 2.27 bits per heavy atom. The molecular formula is C10H16ClNOSSi. The Kier molecular flexibility index (Phi) is 4.37. The summed E-state index contributed by atoms with van der Waals surface area (Å²) in [6.45, 7) is 6.61. The second-order valence-electron chi connectivity index (χ2n) is 4.66. The zero-order chi connectivity index (χ0) is 11.5. The first kappa shape index (κ1) is 12.7. The summed E-state index contributed by atoms with van der Waals surface area (Å²) in [5, 5.41) is 1.45. The molecule has 0 heterocycles. The Morgan fingerprint density at radius 1 is 1.27 bits per heavy atom. The molecule has 5 heteroatoms. The quantitative estimate of drug-likeness (QED) is 0.828. The van der Waals surface area contributed by atoms with Crippen LogP contribution in [0.5, 0.6) is 0 Å². The fourth-order valence-corrected chi connectivity index (χ4v) is 5.04. The van der Waals surface area contributed by atoms with Gasteiger partial charge in [-0.3, -0.25) is 0 Å². The fraction of sp³-hybridized carbons (Fsp3) is 0.400. The Balaban J connectivity index is 2.55. The first-order valence-electron chi connectivity index (χ1n) is 4.77. The van der Waals surface area contributed by atoms with Crippen LogP contribution in [0.2, 0.25) is 24.7 Å². The van der Waals surface area contributed by atoms with Crippen LogP contribution in [0, 0.1) is 0 Å². The van der Waals surface area contributed by atoms with Crippen LogP contribution in [0.25, 0.3) is 0 Å². The molecule has 2 nitrogen and oxygen atoms in total. The van der Waals surface area contributed by atoms with Crippen LogP contribution in [0.4, 0.5) is 5.69 Å². The van der Waals surface area contributed by atoms with Gasteiger partial charge in [-0.2, -0.15) is 0 Å². The molecule has 1 aromatic rings. The third-order valence-electron chi connectivity index (χ3n) is 1.64. The number of hydrogen-bond donors (Lipinski definition) is 1. The molecule has 0 aromatic heterocycles. The minimum atomic E-state index is -1.27. The topological polar surface area (TPSA) is 29.1 Å². The van der Waals surface area contributed by atoms with Gasteiger partial charge in [-0.15, -0.1) is 0 Å².